The van der Waals surface area contributed by atoms with E-state index in [1.54, 1.807) is 12.1 Å². The van der Waals surface area contributed by atoms with Crippen molar-refractivity contribution in [3.8, 4) is 0 Å². The van der Waals surface area contributed by atoms with E-state index in [-0.39, 0.29) is 10.6 Å². The highest BCUT2D eigenvalue weighted by molar-refractivity contribution is 7.80. The maximum absolute atomic E-state index is 11.0. The number of rotatable bonds is 3. The smallest absolute Gasteiger partial charge is 0.313 e. The number of benzene rings is 1. The van der Waals surface area contributed by atoms with Crippen molar-refractivity contribution in [1.29, 1.82) is 0 Å². The van der Waals surface area contributed by atoms with Gasteiger partial charge >= 0.3 is 6.95 Å². The van der Waals surface area contributed by atoms with Crippen molar-refractivity contribution in [2.45, 2.75) is 9.90 Å². The van der Waals surface area contributed by atoms with Gasteiger partial charge in [0.15, 0.2) is 0 Å². The maximum atomic E-state index is 11.0. The lowest BCUT2D eigenvalue weighted by Gasteiger charge is -2.25. The molecule has 9 heteroatoms. The molecule has 0 aliphatic heterocycles. The predicted octanol–water partition coefficient (Wildman–Crippen LogP) is 5.11. The van der Waals surface area contributed by atoms with Gasteiger partial charge in [0.2, 0.25) is 3.79 Å². The van der Waals surface area contributed by atoms with Crippen LogP contribution in [0.3, 0.4) is 0 Å². The largest absolute Gasteiger partial charge is 0.422 e. The summed E-state index contributed by atoms with van der Waals surface area (Å²) in [5.41, 5.74) is 0.254. The van der Waals surface area contributed by atoms with Crippen LogP contribution in [0, 0.1) is 0 Å². The average Bonchev–Trinajstić information content (AvgIpc) is 2.12. The highest BCUT2D eigenvalue weighted by Crippen LogP contribution is 2.57. The quantitative estimate of drug-likeness (QED) is 0.603. The van der Waals surface area contributed by atoms with Crippen LogP contribution in [0.15, 0.2) is 24.3 Å². The lowest BCUT2D eigenvalue weighted by molar-refractivity contribution is 0.189. The first-order valence-electron chi connectivity index (χ1n) is 4.13. The van der Waals surface area contributed by atoms with Crippen LogP contribution in [-0.4, -0.2) is 8.69 Å². The third-order valence-corrected chi connectivity index (χ3v) is 3.37. The van der Waals surface area contributed by atoms with Crippen LogP contribution in [0.2, 0.25) is 5.02 Å². The molecule has 1 aromatic rings. The highest BCUT2D eigenvalue weighted by atomic mass is 35.7. The average molecular weight is 358 g/mol. The lowest BCUT2D eigenvalue weighted by atomic mass is 10.1. The number of halogens is 5. The molecule has 3 nitrogen and oxygen atoms in total. The van der Waals surface area contributed by atoms with E-state index in [2.05, 4.69) is 4.52 Å². The van der Waals surface area contributed by atoms with Crippen molar-refractivity contribution < 1.29 is 14.0 Å². The fraction of sp³-hybridized carbons (Fsp3) is 0.250. The summed E-state index contributed by atoms with van der Waals surface area (Å²) in [6.45, 7) is -4.34. The van der Waals surface area contributed by atoms with Gasteiger partial charge in [0.05, 0.1) is 0 Å². The van der Waals surface area contributed by atoms with Gasteiger partial charge in [-0.05, 0) is 6.07 Å². The molecule has 2 atom stereocenters. The van der Waals surface area contributed by atoms with Gasteiger partial charge in [0.1, 0.15) is 6.10 Å². The van der Waals surface area contributed by atoms with E-state index in [4.69, 9.17) is 62.5 Å². The molecule has 0 aliphatic carbocycles. The van der Waals surface area contributed by atoms with Gasteiger partial charge in [-0.2, -0.15) is 0 Å². The van der Waals surface area contributed by atoms with Gasteiger partial charge in [-0.25, -0.2) is 4.57 Å². The molecule has 0 saturated heterocycles. The molecule has 0 heterocycles. The zero-order valence-electron chi connectivity index (χ0n) is 7.99. The van der Waals surface area contributed by atoms with Crippen LogP contribution in [0.1, 0.15) is 11.7 Å². The zero-order valence-corrected chi connectivity index (χ0v) is 12.7. The summed E-state index contributed by atoms with van der Waals surface area (Å²) in [6, 6.07) is 6.30. The first-order chi connectivity index (χ1) is 7.61. The SMILES string of the molecule is O=P(O)(Cl)OC(c1ccccc1Cl)C(Cl)(Cl)Cl. The number of hydrogen-bond acceptors (Lipinski definition) is 2. The fourth-order valence-corrected chi connectivity index (χ4v) is 2.79. The minimum absolute atomic E-state index is 0.231. The van der Waals surface area contributed by atoms with E-state index in [1.807, 2.05) is 0 Å². The Balaban J connectivity index is 3.17. The van der Waals surface area contributed by atoms with Crippen molar-refractivity contribution in [3.63, 3.8) is 0 Å². The monoisotopic (exact) mass is 356 g/mol. The second kappa shape index (κ2) is 5.85. The predicted molar refractivity (Wildman–Crippen MR) is 71.2 cm³/mol. The van der Waals surface area contributed by atoms with Gasteiger partial charge in [-0.15, -0.1) is 0 Å². The summed E-state index contributed by atoms with van der Waals surface area (Å²) < 4.78 is 13.7. The lowest BCUT2D eigenvalue weighted by Crippen LogP contribution is -2.19. The van der Waals surface area contributed by atoms with Crippen LogP contribution in [0.4, 0.5) is 0 Å². The molecule has 0 radical (unpaired) electrons. The maximum Gasteiger partial charge on any atom is 0.422 e. The van der Waals surface area contributed by atoms with E-state index in [0.29, 0.717) is 0 Å². The Hall–Kier alpha value is 0.820. The van der Waals surface area contributed by atoms with Crippen molar-refractivity contribution >= 4 is 64.6 Å². The Kier molecular flexibility index (Phi) is 5.47. The summed E-state index contributed by atoms with van der Waals surface area (Å²) in [5.74, 6) is 0. The third-order valence-electron chi connectivity index (χ3n) is 1.72. The minimum Gasteiger partial charge on any atom is -0.313 e. The third kappa shape index (κ3) is 5.14. The van der Waals surface area contributed by atoms with Gasteiger partial charge in [0, 0.05) is 21.8 Å². The second-order valence-electron chi connectivity index (χ2n) is 3.00. The summed E-state index contributed by atoms with van der Waals surface area (Å²) in [5, 5.41) is 0.231. The molecule has 0 bridgehead atoms. The van der Waals surface area contributed by atoms with Gasteiger partial charge in [-0.1, -0.05) is 64.6 Å². The Morgan fingerprint density at radius 1 is 1.29 bits per heavy atom. The van der Waals surface area contributed by atoms with Crippen LogP contribution in [0.25, 0.3) is 0 Å². The van der Waals surface area contributed by atoms with Crippen molar-refractivity contribution in [2.75, 3.05) is 0 Å². The van der Waals surface area contributed by atoms with Gasteiger partial charge in [-0.3, -0.25) is 4.52 Å². The van der Waals surface area contributed by atoms with E-state index in [9.17, 15) is 4.57 Å². The number of alkyl halides is 3. The molecular formula is C8H6Cl5O3P. The van der Waals surface area contributed by atoms with E-state index in [0.717, 1.165) is 0 Å². The second-order valence-corrected chi connectivity index (χ2v) is 8.17. The molecule has 0 fully saturated rings. The highest BCUT2D eigenvalue weighted by Gasteiger charge is 2.40. The molecule has 1 N–H and O–H groups in total. The molecule has 0 saturated carbocycles. The zero-order chi connectivity index (χ0) is 13.3. The molecular weight excluding hydrogens is 352 g/mol. The van der Waals surface area contributed by atoms with Crippen molar-refractivity contribution in [3.05, 3.63) is 34.9 Å². The van der Waals surface area contributed by atoms with Crippen LogP contribution < -0.4 is 0 Å². The Labute approximate surface area is 123 Å². The molecule has 2 unspecified atom stereocenters. The molecule has 96 valence electrons. The summed E-state index contributed by atoms with van der Waals surface area (Å²) in [6.07, 6.45) is -1.35. The van der Waals surface area contributed by atoms with E-state index in [1.165, 1.54) is 12.1 Å². The molecule has 0 spiro atoms. The van der Waals surface area contributed by atoms with Crippen LogP contribution >= 0.6 is 64.6 Å². The molecule has 1 rings (SSSR count). The molecule has 0 aromatic heterocycles. The van der Waals surface area contributed by atoms with Gasteiger partial charge < -0.3 is 4.89 Å². The Morgan fingerprint density at radius 3 is 2.24 bits per heavy atom. The number of hydrogen-bond donors (Lipinski definition) is 1. The minimum atomic E-state index is -4.34. The summed E-state index contributed by atoms with van der Waals surface area (Å²) >= 11 is 28.0. The van der Waals surface area contributed by atoms with E-state index >= 15 is 0 Å². The summed E-state index contributed by atoms with van der Waals surface area (Å²) in [7, 11) is 0. The Morgan fingerprint density at radius 2 is 1.82 bits per heavy atom. The first-order valence-corrected chi connectivity index (χ1v) is 8.12. The topological polar surface area (TPSA) is 46.5 Å². The van der Waals surface area contributed by atoms with Crippen molar-refractivity contribution in [2.24, 2.45) is 0 Å². The first kappa shape index (κ1) is 15.9. The molecule has 17 heavy (non-hydrogen) atoms. The summed E-state index contributed by atoms with van der Waals surface area (Å²) in [4.78, 5) is 8.98. The van der Waals surface area contributed by atoms with Crippen LogP contribution in [-0.2, 0) is 9.09 Å². The van der Waals surface area contributed by atoms with E-state index < -0.39 is 16.8 Å². The normalized spacial score (nSPS) is 17.5. The van der Waals surface area contributed by atoms with Gasteiger partial charge in [0.25, 0.3) is 0 Å². The van der Waals surface area contributed by atoms with Crippen LogP contribution in [0.5, 0.6) is 0 Å². The Bertz CT molecular complexity index is 441. The molecule has 1 aromatic carbocycles. The molecule has 0 aliphatic rings. The standard InChI is InChI=1S/C8H6Cl5O3P/c9-6-4-2-1-3-5(6)7(8(10,11)12)16-17(13,14)15/h1-4,7H,(H,14,15). The molecule has 0 amide bonds. The fourth-order valence-electron chi connectivity index (χ4n) is 1.11. The van der Waals surface area contributed by atoms with Crippen molar-refractivity contribution in [1.82, 2.24) is 0 Å².